The number of hydrogen-bond donors (Lipinski definition) is 0. The molecule has 0 spiro atoms. The molecule has 0 N–H and O–H groups in total. The molecule has 8 bridgehead atoms. The van der Waals surface area contributed by atoms with E-state index >= 15 is 0 Å². The summed E-state index contributed by atoms with van der Waals surface area (Å²) in [6, 6.07) is 16.7. The highest BCUT2D eigenvalue weighted by atomic mass is 16.5. The van der Waals surface area contributed by atoms with Crippen molar-refractivity contribution in [3.63, 3.8) is 0 Å². The van der Waals surface area contributed by atoms with Gasteiger partial charge >= 0.3 is 0 Å². The Morgan fingerprint density at radius 2 is 0.810 bits per heavy atom. The molecule has 58 heavy (non-hydrogen) atoms. The summed E-state index contributed by atoms with van der Waals surface area (Å²) in [5.74, 6) is 1.75. The van der Waals surface area contributed by atoms with Crippen molar-refractivity contribution in [3.05, 3.63) is 143 Å². The average molecular weight is 777 g/mol. The number of aliphatic imine (C=N–C) groups is 4. The predicted octanol–water partition coefficient (Wildman–Crippen LogP) is 9.92. The number of allylic oxidation sites excluding steroid dienone is 12. The number of benzene rings is 2. The van der Waals surface area contributed by atoms with Crippen LogP contribution in [0.1, 0.15) is 65.5 Å². The van der Waals surface area contributed by atoms with Gasteiger partial charge < -0.3 is 18.4 Å². The number of nitrogens with zero attached hydrogens (tertiary/aromatic N) is 6. The average Bonchev–Trinajstić information content (AvgIpc) is 4.10. The molecule has 5 aliphatic heterocycles. The summed E-state index contributed by atoms with van der Waals surface area (Å²) in [5.41, 5.74) is 10.8. The molecular formula is C50H60N6O2+2. The van der Waals surface area contributed by atoms with Gasteiger partial charge in [-0.3, -0.25) is 0 Å². The van der Waals surface area contributed by atoms with Crippen LogP contribution in [0.3, 0.4) is 0 Å². The fraction of sp³-hybridized carbons (Fsp3) is 0.360. The Hall–Kier alpha value is -5.44. The Morgan fingerprint density at radius 1 is 0.431 bits per heavy atom. The van der Waals surface area contributed by atoms with E-state index in [0.717, 1.165) is 154 Å². The molecule has 0 fully saturated rings. The highest BCUT2D eigenvalue weighted by Crippen LogP contribution is 2.33. The minimum absolute atomic E-state index is 0.705. The third-order valence-corrected chi connectivity index (χ3v) is 12.7. The molecule has 0 amide bonds. The Balaban J connectivity index is 1.13. The summed E-state index contributed by atoms with van der Waals surface area (Å²) in [6.07, 6.45) is 22.6. The van der Waals surface area contributed by atoms with Crippen molar-refractivity contribution in [1.82, 2.24) is 0 Å². The summed E-state index contributed by atoms with van der Waals surface area (Å²) in [5, 5.41) is 0. The lowest BCUT2D eigenvalue weighted by Gasteiger charge is -2.35. The first-order valence-corrected chi connectivity index (χ1v) is 21.5. The first-order valence-electron chi connectivity index (χ1n) is 21.5. The lowest BCUT2D eigenvalue weighted by atomic mass is 9.98. The second kappa shape index (κ2) is 18.4. The molecule has 0 unspecified atom stereocenters. The van der Waals surface area contributed by atoms with Crippen molar-refractivity contribution in [3.8, 4) is 11.5 Å². The van der Waals surface area contributed by atoms with Gasteiger partial charge in [-0.2, -0.15) is 0 Å². The van der Waals surface area contributed by atoms with Crippen LogP contribution >= 0.6 is 0 Å². The monoisotopic (exact) mass is 776 g/mol. The van der Waals surface area contributed by atoms with E-state index in [1.54, 1.807) is 0 Å². The van der Waals surface area contributed by atoms with Gasteiger partial charge in [0.25, 0.3) is 0 Å². The SMILES string of the molecule is CC[N+](CC)(CC)CCCOc1ccc(C2=C3C=CC(=N3)C=C3C=CC(=N3)C(c3ccc(OCCC[N+](CC)(CC)CC)cc3)=C3C=CC(=N3)C=C3C=CC2=N3)cc1. The first kappa shape index (κ1) is 40.7. The Kier molecular flexibility index (Phi) is 12.9. The molecule has 2 aromatic rings. The predicted molar refractivity (Wildman–Crippen MR) is 243 cm³/mol. The van der Waals surface area contributed by atoms with Crippen LogP contribution in [-0.2, 0) is 0 Å². The molecule has 0 aromatic heterocycles. The van der Waals surface area contributed by atoms with E-state index in [-0.39, 0.29) is 0 Å². The maximum absolute atomic E-state index is 6.22. The van der Waals surface area contributed by atoms with E-state index in [1.807, 2.05) is 12.2 Å². The van der Waals surface area contributed by atoms with Crippen molar-refractivity contribution >= 4 is 34.0 Å². The van der Waals surface area contributed by atoms with Crippen LogP contribution in [-0.4, -0.2) is 97.4 Å². The molecular weight excluding hydrogens is 717 g/mol. The van der Waals surface area contributed by atoms with Gasteiger partial charge in [-0.1, -0.05) is 24.3 Å². The van der Waals surface area contributed by atoms with E-state index in [2.05, 4.69) is 139 Å². The van der Waals surface area contributed by atoms with Crippen LogP contribution in [0.25, 0.3) is 11.1 Å². The van der Waals surface area contributed by atoms with Crippen molar-refractivity contribution in [1.29, 1.82) is 0 Å². The summed E-state index contributed by atoms with van der Waals surface area (Å²) in [7, 11) is 0. The van der Waals surface area contributed by atoms with Crippen molar-refractivity contribution in [2.24, 2.45) is 20.0 Å². The minimum atomic E-state index is 0.705. The van der Waals surface area contributed by atoms with Gasteiger partial charge in [0.05, 0.1) is 111 Å². The molecule has 7 rings (SSSR count). The van der Waals surface area contributed by atoms with Crippen LogP contribution in [0.2, 0.25) is 0 Å². The molecule has 8 heteroatoms. The van der Waals surface area contributed by atoms with Gasteiger partial charge in [0.15, 0.2) is 0 Å². The van der Waals surface area contributed by atoms with Crippen LogP contribution in [0.15, 0.2) is 152 Å². The maximum atomic E-state index is 6.22. The molecule has 2 aromatic carbocycles. The van der Waals surface area contributed by atoms with E-state index in [9.17, 15) is 0 Å². The molecule has 0 saturated carbocycles. The number of fused-ring (bicyclic) bond motifs is 4. The van der Waals surface area contributed by atoms with E-state index in [4.69, 9.17) is 29.4 Å². The zero-order valence-electron chi connectivity index (χ0n) is 35.4. The zero-order valence-corrected chi connectivity index (χ0v) is 35.4. The fourth-order valence-electron chi connectivity index (χ4n) is 8.45. The van der Waals surface area contributed by atoms with E-state index < -0.39 is 0 Å². The van der Waals surface area contributed by atoms with Crippen LogP contribution < -0.4 is 9.47 Å². The van der Waals surface area contributed by atoms with Crippen molar-refractivity contribution in [2.75, 3.05) is 65.6 Å². The second-order valence-electron chi connectivity index (χ2n) is 15.5. The van der Waals surface area contributed by atoms with Crippen molar-refractivity contribution < 1.29 is 18.4 Å². The van der Waals surface area contributed by atoms with Gasteiger partial charge in [-0.05, 0) is 138 Å². The summed E-state index contributed by atoms with van der Waals surface area (Å²) in [6.45, 7) is 24.3. The van der Waals surface area contributed by atoms with Crippen LogP contribution in [0.5, 0.6) is 11.5 Å². The standard InChI is InChI=1S/C50H60N6O2/c1-7-55(8-2,9-3)31-13-33-57-43-23-15-37(16-24-43)49-45-27-19-39(51-45)35-41-21-29-47(53-41)50(48-30-22-42(54-48)36-40-20-28-46(49)52-40)38-17-25-44(26-18-38)58-34-14-32-56(10-4,11-5)12-6/h15-30,35-36H,7-14,31-34H2,1-6H3/q+2. The van der Waals surface area contributed by atoms with Crippen LogP contribution in [0.4, 0.5) is 0 Å². The fourth-order valence-corrected chi connectivity index (χ4v) is 8.45. The molecule has 0 radical (unpaired) electrons. The zero-order chi connectivity index (χ0) is 40.5. The number of quaternary nitrogens is 2. The quantitative estimate of drug-likeness (QED) is 0.112. The summed E-state index contributed by atoms with van der Waals surface area (Å²) >= 11 is 0. The Labute approximate surface area is 346 Å². The third kappa shape index (κ3) is 9.14. The topological polar surface area (TPSA) is 67.9 Å². The first-order chi connectivity index (χ1) is 28.3. The smallest absolute Gasteiger partial charge is 0.119 e. The minimum Gasteiger partial charge on any atom is -0.493 e. The molecule has 0 saturated heterocycles. The van der Waals surface area contributed by atoms with Gasteiger partial charge in [0.1, 0.15) is 11.5 Å². The number of rotatable bonds is 18. The van der Waals surface area contributed by atoms with Gasteiger partial charge in [-0.15, -0.1) is 0 Å². The molecule has 0 aliphatic carbocycles. The lowest BCUT2D eigenvalue weighted by Crippen LogP contribution is -2.48. The van der Waals surface area contributed by atoms with Crippen LogP contribution in [0, 0.1) is 0 Å². The second-order valence-corrected chi connectivity index (χ2v) is 15.5. The molecule has 0 atom stereocenters. The summed E-state index contributed by atoms with van der Waals surface area (Å²) < 4.78 is 14.7. The number of ether oxygens (including phenoxy) is 2. The molecule has 8 nitrogen and oxygen atoms in total. The van der Waals surface area contributed by atoms with Gasteiger partial charge in [-0.25, -0.2) is 20.0 Å². The Morgan fingerprint density at radius 3 is 1.17 bits per heavy atom. The number of hydrogen-bond acceptors (Lipinski definition) is 6. The normalized spacial score (nSPS) is 17.1. The maximum Gasteiger partial charge on any atom is 0.119 e. The molecule has 5 aliphatic rings. The highest BCUT2D eigenvalue weighted by molar-refractivity contribution is 6.34. The Bertz CT molecular complexity index is 2050. The highest BCUT2D eigenvalue weighted by Gasteiger charge is 2.24. The van der Waals surface area contributed by atoms with Gasteiger partial charge in [0.2, 0.25) is 0 Å². The largest absolute Gasteiger partial charge is 0.493 e. The molecule has 5 heterocycles. The van der Waals surface area contributed by atoms with E-state index in [0.29, 0.717) is 13.2 Å². The lowest BCUT2D eigenvalue weighted by molar-refractivity contribution is -0.923. The third-order valence-electron chi connectivity index (χ3n) is 12.7. The van der Waals surface area contributed by atoms with E-state index in [1.165, 1.54) is 0 Å². The van der Waals surface area contributed by atoms with Crippen molar-refractivity contribution in [2.45, 2.75) is 54.4 Å². The summed E-state index contributed by atoms with van der Waals surface area (Å²) in [4.78, 5) is 20.4. The molecule has 300 valence electrons. The van der Waals surface area contributed by atoms with Gasteiger partial charge in [0, 0.05) is 24.0 Å².